The van der Waals surface area contributed by atoms with E-state index in [0.717, 1.165) is 67.7 Å². The number of aromatic nitrogens is 2. The molecule has 1 unspecified atom stereocenters. The van der Waals surface area contributed by atoms with Crippen LogP contribution in [-0.4, -0.2) is 58.5 Å². The number of nitrogens with zero attached hydrogens (tertiary/aromatic N) is 4. The predicted octanol–water partition coefficient (Wildman–Crippen LogP) is 1.89. The van der Waals surface area contributed by atoms with Gasteiger partial charge >= 0.3 is 0 Å². The van der Waals surface area contributed by atoms with Gasteiger partial charge in [-0.05, 0) is 26.7 Å². The lowest BCUT2D eigenvalue weighted by Crippen LogP contribution is -2.47. The number of rotatable bonds is 2. The van der Waals surface area contributed by atoms with Crippen LogP contribution in [0, 0.1) is 19.8 Å². The van der Waals surface area contributed by atoms with Crippen molar-refractivity contribution < 1.29 is 4.79 Å². The number of hydrogen-bond acceptors (Lipinski definition) is 5. The lowest BCUT2D eigenvalue weighted by Gasteiger charge is -2.37. The highest BCUT2D eigenvalue weighted by Crippen LogP contribution is 2.25. The van der Waals surface area contributed by atoms with Gasteiger partial charge in [-0.15, -0.1) is 0 Å². The zero-order valence-corrected chi connectivity index (χ0v) is 14.2. The van der Waals surface area contributed by atoms with Gasteiger partial charge in [0.05, 0.1) is 17.3 Å². The minimum atomic E-state index is 0.110. The molecule has 1 amide bonds. The van der Waals surface area contributed by atoms with E-state index in [-0.39, 0.29) is 5.92 Å². The van der Waals surface area contributed by atoms with Crippen molar-refractivity contribution in [3.8, 4) is 0 Å². The number of aryl methyl sites for hydroxylation is 2. The van der Waals surface area contributed by atoms with Crippen LogP contribution >= 0.6 is 11.8 Å². The molecule has 6 heteroatoms. The molecule has 22 heavy (non-hydrogen) atoms. The van der Waals surface area contributed by atoms with E-state index in [9.17, 15) is 4.79 Å². The Hall–Kier alpha value is -1.30. The van der Waals surface area contributed by atoms with Gasteiger partial charge in [0.2, 0.25) is 5.91 Å². The monoisotopic (exact) mass is 320 g/mol. The lowest BCUT2D eigenvalue weighted by atomic mass is 9.96. The Morgan fingerprint density at radius 1 is 1.27 bits per heavy atom. The van der Waals surface area contributed by atoms with E-state index in [4.69, 9.17) is 0 Å². The summed E-state index contributed by atoms with van der Waals surface area (Å²) in [7, 11) is 0. The Bertz CT molecular complexity index is 545. The van der Waals surface area contributed by atoms with Crippen molar-refractivity contribution in [1.29, 1.82) is 0 Å². The van der Waals surface area contributed by atoms with Gasteiger partial charge in [0.1, 0.15) is 5.82 Å². The topological polar surface area (TPSA) is 49.3 Å². The fraction of sp³-hybridized carbons (Fsp3) is 0.688. The fourth-order valence-corrected chi connectivity index (χ4v) is 4.14. The van der Waals surface area contributed by atoms with Crippen molar-refractivity contribution in [3.63, 3.8) is 0 Å². The number of hydrogen-bond donors (Lipinski definition) is 0. The zero-order chi connectivity index (χ0) is 15.5. The molecule has 2 aliphatic rings. The number of amides is 1. The molecular formula is C16H24N4OS. The average Bonchev–Trinajstić information content (AvgIpc) is 2.57. The zero-order valence-electron chi connectivity index (χ0n) is 13.4. The molecule has 0 N–H and O–H groups in total. The highest BCUT2D eigenvalue weighted by molar-refractivity contribution is 7.99. The number of piperidine rings is 1. The Morgan fingerprint density at radius 3 is 2.82 bits per heavy atom. The maximum Gasteiger partial charge on any atom is 0.227 e. The Labute approximate surface area is 136 Å². The predicted molar refractivity (Wildman–Crippen MR) is 90.3 cm³/mol. The van der Waals surface area contributed by atoms with Crippen molar-refractivity contribution in [3.05, 3.63) is 17.6 Å². The highest BCUT2D eigenvalue weighted by Gasteiger charge is 2.31. The third kappa shape index (κ3) is 3.37. The molecule has 0 spiro atoms. The molecular weight excluding hydrogens is 296 g/mol. The van der Waals surface area contributed by atoms with Gasteiger partial charge in [0, 0.05) is 43.9 Å². The molecule has 0 aromatic carbocycles. The number of thioether (sulfide) groups is 1. The second kappa shape index (κ2) is 6.86. The Morgan fingerprint density at radius 2 is 2.05 bits per heavy atom. The summed E-state index contributed by atoms with van der Waals surface area (Å²) in [5.41, 5.74) is 1.88. The van der Waals surface area contributed by atoms with Crippen LogP contribution in [-0.2, 0) is 4.79 Å². The smallest absolute Gasteiger partial charge is 0.227 e. The molecule has 0 bridgehead atoms. The molecule has 0 aliphatic carbocycles. The summed E-state index contributed by atoms with van der Waals surface area (Å²) in [6.07, 6.45) is 3.85. The quantitative estimate of drug-likeness (QED) is 0.833. The first-order valence-electron chi connectivity index (χ1n) is 8.07. The van der Waals surface area contributed by atoms with Crippen LogP contribution in [0.15, 0.2) is 6.20 Å². The van der Waals surface area contributed by atoms with Crippen molar-refractivity contribution in [2.45, 2.75) is 26.7 Å². The normalized spacial score (nSPS) is 22.7. The second-order valence-corrected chi connectivity index (χ2v) is 7.37. The standard InChI is InChI=1S/C16H24N4OS/c1-12-10-17-13(2)15(18-12)20-5-3-4-14(11-20)16(21)19-6-8-22-9-7-19/h10,14H,3-9,11H2,1-2H3. The first kappa shape index (κ1) is 15.6. The summed E-state index contributed by atoms with van der Waals surface area (Å²) >= 11 is 1.94. The van der Waals surface area contributed by atoms with Crippen molar-refractivity contribution in [2.75, 3.05) is 42.6 Å². The molecule has 1 aromatic rings. The third-order valence-electron chi connectivity index (χ3n) is 4.44. The van der Waals surface area contributed by atoms with E-state index < -0.39 is 0 Å². The van der Waals surface area contributed by atoms with Gasteiger partial charge < -0.3 is 9.80 Å². The molecule has 0 radical (unpaired) electrons. The van der Waals surface area contributed by atoms with Crippen molar-refractivity contribution in [1.82, 2.24) is 14.9 Å². The average molecular weight is 320 g/mol. The molecule has 2 saturated heterocycles. The third-order valence-corrected chi connectivity index (χ3v) is 5.39. The number of carbonyl (C=O) groups is 1. The fourth-order valence-electron chi connectivity index (χ4n) is 3.24. The molecule has 2 fully saturated rings. The Balaban J connectivity index is 1.71. The van der Waals surface area contributed by atoms with Gasteiger partial charge in [0.25, 0.3) is 0 Å². The van der Waals surface area contributed by atoms with Gasteiger partial charge in [-0.25, -0.2) is 4.98 Å². The minimum absolute atomic E-state index is 0.110. The second-order valence-electron chi connectivity index (χ2n) is 6.14. The summed E-state index contributed by atoms with van der Waals surface area (Å²) in [6.45, 7) is 7.52. The minimum Gasteiger partial charge on any atom is -0.354 e. The molecule has 1 atom stereocenters. The molecule has 5 nitrogen and oxygen atoms in total. The van der Waals surface area contributed by atoms with E-state index in [0.29, 0.717) is 5.91 Å². The van der Waals surface area contributed by atoms with Crippen LogP contribution in [0.2, 0.25) is 0 Å². The summed E-state index contributed by atoms with van der Waals surface area (Å²) in [6, 6.07) is 0. The van der Waals surface area contributed by atoms with Crippen LogP contribution in [0.4, 0.5) is 5.82 Å². The number of carbonyl (C=O) groups excluding carboxylic acids is 1. The van der Waals surface area contributed by atoms with E-state index in [2.05, 4.69) is 19.8 Å². The summed E-state index contributed by atoms with van der Waals surface area (Å²) < 4.78 is 0. The molecule has 3 heterocycles. The van der Waals surface area contributed by atoms with Crippen LogP contribution in [0.3, 0.4) is 0 Å². The molecule has 120 valence electrons. The van der Waals surface area contributed by atoms with E-state index in [1.54, 1.807) is 6.20 Å². The summed E-state index contributed by atoms with van der Waals surface area (Å²) in [4.78, 5) is 26.1. The molecule has 0 saturated carbocycles. The van der Waals surface area contributed by atoms with E-state index in [1.165, 1.54) is 0 Å². The van der Waals surface area contributed by atoms with Crippen molar-refractivity contribution in [2.24, 2.45) is 5.92 Å². The molecule has 3 rings (SSSR count). The van der Waals surface area contributed by atoms with Crippen LogP contribution < -0.4 is 4.90 Å². The lowest BCUT2D eigenvalue weighted by molar-refractivity contribution is -0.135. The SMILES string of the molecule is Cc1cnc(C)c(N2CCCC(C(=O)N3CCSCC3)C2)n1. The van der Waals surface area contributed by atoms with E-state index >= 15 is 0 Å². The summed E-state index contributed by atoms with van der Waals surface area (Å²) in [5.74, 6) is 3.54. The van der Waals surface area contributed by atoms with Crippen LogP contribution in [0.1, 0.15) is 24.2 Å². The van der Waals surface area contributed by atoms with E-state index in [1.807, 2.05) is 25.6 Å². The van der Waals surface area contributed by atoms with Gasteiger partial charge in [-0.3, -0.25) is 9.78 Å². The first-order valence-corrected chi connectivity index (χ1v) is 9.22. The van der Waals surface area contributed by atoms with Gasteiger partial charge in [-0.2, -0.15) is 11.8 Å². The maximum absolute atomic E-state index is 12.7. The number of anilines is 1. The summed E-state index contributed by atoms with van der Waals surface area (Å²) in [5, 5.41) is 0. The highest BCUT2D eigenvalue weighted by atomic mass is 32.2. The first-order chi connectivity index (χ1) is 10.6. The molecule has 2 aliphatic heterocycles. The largest absolute Gasteiger partial charge is 0.354 e. The van der Waals surface area contributed by atoms with Gasteiger partial charge in [0.15, 0.2) is 0 Å². The maximum atomic E-state index is 12.7. The van der Waals surface area contributed by atoms with Crippen LogP contribution in [0.5, 0.6) is 0 Å². The van der Waals surface area contributed by atoms with Crippen molar-refractivity contribution >= 4 is 23.5 Å². The van der Waals surface area contributed by atoms with Crippen LogP contribution in [0.25, 0.3) is 0 Å². The Kier molecular flexibility index (Phi) is 4.86. The molecule has 1 aromatic heterocycles. The van der Waals surface area contributed by atoms with Gasteiger partial charge in [-0.1, -0.05) is 0 Å².